The molecule has 0 saturated heterocycles. The summed E-state index contributed by atoms with van der Waals surface area (Å²) in [6.07, 6.45) is 2.00. The Morgan fingerprint density at radius 2 is 1.06 bits per heavy atom. The van der Waals surface area contributed by atoms with Crippen LogP contribution in [0.5, 0.6) is 0 Å². The van der Waals surface area contributed by atoms with Gasteiger partial charge in [-0.05, 0) is 69.9 Å². The van der Waals surface area contributed by atoms with Crippen LogP contribution in [-0.2, 0) is 43.1 Å². The molecule has 0 bridgehead atoms. The number of amides is 8. The van der Waals surface area contributed by atoms with Crippen molar-refractivity contribution in [3.8, 4) is 0 Å². The van der Waals surface area contributed by atoms with Crippen molar-refractivity contribution in [2.24, 2.45) is 23.7 Å². The summed E-state index contributed by atoms with van der Waals surface area (Å²) < 4.78 is 5.99. The monoisotopic (exact) mass is 924 g/mol. The molecule has 18 nitrogen and oxygen atoms in total. The highest BCUT2D eigenvalue weighted by Crippen LogP contribution is 2.20. The Labute approximate surface area is 391 Å². The Balaban J connectivity index is 6.42. The molecule has 0 aromatic carbocycles. The van der Waals surface area contributed by atoms with E-state index in [-0.39, 0.29) is 49.0 Å². The standard InChI is InChI=1S/C47H89N9O9/c1-19-23-38(57)52(15)37(28-65-25-24-56(21-3)22-4)46(63)55(18)40(32(11)20-2)44(61)51-39(31(9)10)47(64)54(17)36(27-30(7)8)43(60)49-33(12)41(58)50-34(13)45(62)53(16)35(26-29(5)6)42(59)48-14/h29-37,39-40H,19-28H2,1-18H3,(H,48,59)(H,49,60)(H,50,58)(H,51,61)/t32?,33-,34+,35+,36+,37-,39+,40+/m1/s1. The lowest BCUT2D eigenvalue weighted by atomic mass is 9.94. The van der Waals surface area contributed by atoms with Crippen LogP contribution in [0.2, 0.25) is 0 Å². The van der Waals surface area contributed by atoms with Crippen LogP contribution in [0.4, 0.5) is 0 Å². The zero-order valence-corrected chi connectivity index (χ0v) is 43.3. The molecule has 0 spiro atoms. The number of rotatable bonds is 30. The topological polar surface area (TPSA) is 210 Å². The molecule has 0 aliphatic heterocycles. The average molecular weight is 924 g/mol. The first-order valence-corrected chi connectivity index (χ1v) is 23.8. The van der Waals surface area contributed by atoms with Gasteiger partial charge in [0.2, 0.25) is 47.3 Å². The third-order valence-corrected chi connectivity index (χ3v) is 12.1. The normalized spacial score (nSPS) is 15.2. The van der Waals surface area contributed by atoms with Gasteiger partial charge in [-0.25, -0.2) is 0 Å². The van der Waals surface area contributed by atoms with Gasteiger partial charge in [-0.15, -0.1) is 0 Å². The molecule has 8 atom stereocenters. The van der Waals surface area contributed by atoms with Crippen molar-refractivity contribution >= 4 is 47.3 Å². The summed E-state index contributed by atoms with van der Waals surface area (Å²) in [5.74, 6) is -4.57. The van der Waals surface area contributed by atoms with E-state index in [0.29, 0.717) is 32.4 Å². The minimum absolute atomic E-state index is 0.0598. The van der Waals surface area contributed by atoms with E-state index < -0.39 is 83.7 Å². The number of likely N-dealkylation sites (N-methyl/N-ethyl adjacent to an activating group) is 6. The minimum atomic E-state index is -1.11. The van der Waals surface area contributed by atoms with Crippen LogP contribution in [0.25, 0.3) is 0 Å². The van der Waals surface area contributed by atoms with Crippen LogP contribution < -0.4 is 21.3 Å². The van der Waals surface area contributed by atoms with Gasteiger partial charge >= 0.3 is 0 Å². The SMILES string of the molecule is CCCC(=O)N(C)[C@H](COCCN(CC)CC)C(=O)N(C)[C@H](C(=O)N[C@H](C(=O)N(C)[C@@H](CC(C)C)C(=O)N[C@H](C)C(=O)N[C@@H](C)C(=O)N(C)[C@@H](CC(C)C)C(=O)NC)C(C)C)C(C)CC. The van der Waals surface area contributed by atoms with Crippen molar-refractivity contribution < 1.29 is 43.1 Å². The number of hydrogen-bond donors (Lipinski definition) is 4. The second-order valence-electron chi connectivity index (χ2n) is 18.6. The Morgan fingerprint density at radius 3 is 1.52 bits per heavy atom. The Kier molecular flexibility index (Phi) is 28.1. The van der Waals surface area contributed by atoms with Gasteiger partial charge in [0, 0.05) is 48.2 Å². The third kappa shape index (κ3) is 19.2. The third-order valence-electron chi connectivity index (χ3n) is 12.1. The average Bonchev–Trinajstić information content (AvgIpc) is 3.25. The maximum atomic E-state index is 14.4. The molecule has 0 aliphatic rings. The summed E-state index contributed by atoms with van der Waals surface area (Å²) in [6, 6.07) is -7.02. The van der Waals surface area contributed by atoms with Gasteiger partial charge in [-0.2, -0.15) is 0 Å². The lowest BCUT2D eigenvalue weighted by Gasteiger charge is -2.38. The van der Waals surface area contributed by atoms with Crippen molar-refractivity contribution in [1.29, 1.82) is 0 Å². The largest absolute Gasteiger partial charge is 0.377 e. The first-order valence-electron chi connectivity index (χ1n) is 23.8. The van der Waals surface area contributed by atoms with Gasteiger partial charge in [-0.1, -0.05) is 82.6 Å². The highest BCUT2D eigenvalue weighted by molar-refractivity contribution is 5.97. The molecular formula is C47H89N9O9. The van der Waals surface area contributed by atoms with Crippen LogP contribution in [0.3, 0.4) is 0 Å². The number of hydrogen-bond acceptors (Lipinski definition) is 10. The fraction of sp³-hybridized carbons (Fsp3) is 0.830. The molecular weight excluding hydrogens is 835 g/mol. The van der Waals surface area contributed by atoms with Crippen molar-refractivity contribution in [2.75, 3.05) is 68.1 Å². The summed E-state index contributed by atoms with van der Waals surface area (Å²) >= 11 is 0. The molecule has 0 heterocycles. The van der Waals surface area contributed by atoms with E-state index in [1.54, 1.807) is 20.9 Å². The van der Waals surface area contributed by atoms with E-state index in [1.807, 2.05) is 48.5 Å². The van der Waals surface area contributed by atoms with Crippen molar-refractivity contribution in [3.63, 3.8) is 0 Å². The maximum Gasteiger partial charge on any atom is 0.248 e. The van der Waals surface area contributed by atoms with Crippen LogP contribution >= 0.6 is 0 Å². The fourth-order valence-electron chi connectivity index (χ4n) is 7.55. The summed E-state index contributed by atoms with van der Waals surface area (Å²) in [7, 11) is 7.59. The summed E-state index contributed by atoms with van der Waals surface area (Å²) in [4.78, 5) is 117. The predicted molar refractivity (Wildman–Crippen MR) is 254 cm³/mol. The lowest BCUT2D eigenvalue weighted by molar-refractivity contribution is -0.152. The van der Waals surface area contributed by atoms with Crippen LogP contribution in [0.15, 0.2) is 0 Å². The molecule has 1 unspecified atom stereocenters. The number of nitrogens with zero attached hydrogens (tertiary/aromatic N) is 5. The summed E-state index contributed by atoms with van der Waals surface area (Å²) in [6.45, 7) is 26.6. The zero-order valence-electron chi connectivity index (χ0n) is 43.3. The number of nitrogens with one attached hydrogen (secondary N) is 4. The molecule has 0 fully saturated rings. The van der Waals surface area contributed by atoms with Gasteiger partial charge in [0.15, 0.2) is 0 Å². The van der Waals surface area contributed by atoms with Crippen molar-refractivity contribution in [3.05, 3.63) is 0 Å². The molecule has 4 N–H and O–H groups in total. The van der Waals surface area contributed by atoms with Gasteiger partial charge in [0.1, 0.15) is 42.3 Å². The zero-order chi connectivity index (χ0) is 50.5. The highest BCUT2D eigenvalue weighted by atomic mass is 16.5. The van der Waals surface area contributed by atoms with E-state index in [2.05, 4.69) is 40.0 Å². The van der Waals surface area contributed by atoms with Crippen molar-refractivity contribution in [1.82, 2.24) is 45.8 Å². The molecule has 18 heteroatoms. The summed E-state index contributed by atoms with van der Waals surface area (Å²) in [5, 5.41) is 10.9. The van der Waals surface area contributed by atoms with Crippen LogP contribution in [0, 0.1) is 23.7 Å². The minimum Gasteiger partial charge on any atom is -0.377 e. The van der Waals surface area contributed by atoms with Crippen LogP contribution in [-0.4, -0.2) is 182 Å². The molecule has 65 heavy (non-hydrogen) atoms. The first kappa shape index (κ1) is 60.7. The highest BCUT2D eigenvalue weighted by Gasteiger charge is 2.41. The summed E-state index contributed by atoms with van der Waals surface area (Å²) in [5.41, 5.74) is 0. The molecule has 0 radical (unpaired) electrons. The number of carbonyl (C=O) groups excluding carboxylic acids is 8. The predicted octanol–water partition coefficient (Wildman–Crippen LogP) is 2.49. The molecule has 0 saturated carbocycles. The molecule has 0 aromatic heterocycles. The molecule has 0 aromatic rings. The van der Waals surface area contributed by atoms with E-state index in [4.69, 9.17) is 4.74 Å². The smallest absolute Gasteiger partial charge is 0.248 e. The Morgan fingerprint density at radius 1 is 0.554 bits per heavy atom. The van der Waals surface area contributed by atoms with Gasteiger partial charge in [-0.3, -0.25) is 38.4 Å². The Bertz CT molecular complexity index is 1540. The molecule has 8 amide bonds. The molecule has 376 valence electrons. The quantitative estimate of drug-likeness (QED) is 0.0774. The van der Waals surface area contributed by atoms with E-state index in [9.17, 15) is 38.4 Å². The van der Waals surface area contributed by atoms with E-state index in [0.717, 1.165) is 13.1 Å². The number of ether oxygens (including phenoxy) is 1. The van der Waals surface area contributed by atoms with Crippen molar-refractivity contribution in [2.45, 2.75) is 164 Å². The van der Waals surface area contributed by atoms with Crippen LogP contribution in [0.1, 0.15) is 122 Å². The second kappa shape index (κ2) is 30.1. The first-order chi connectivity index (χ1) is 30.3. The van der Waals surface area contributed by atoms with Gasteiger partial charge in [0.25, 0.3) is 0 Å². The number of carbonyl (C=O) groups is 8. The van der Waals surface area contributed by atoms with Gasteiger partial charge in [0.05, 0.1) is 13.2 Å². The fourth-order valence-corrected chi connectivity index (χ4v) is 7.55. The Hall–Kier alpha value is -4.32. The van der Waals surface area contributed by atoms with Gasteiger partial charge < -0.3 is 50.5 Å². The second-order valence-corrected chi connectivity index (χ2v) is 18.6. The lowest BCUT2D eigenvalue weighted by Crippen LogP contribution is -2.62. The molecule has 0 aliphatic carbocycles. The van der Waals surface area contributed by atoms with E-state index in [1.165, 1.54) is 61.6 Å². The molecule has 0 rings (SSSR count). The van der Waals surface area contributed by atoms with E-state index >= 15 is 0 Å². The maximum absolute atomic E-state index is 14.4.